The van der Waals surface area contributed by atoms with Gasteiger partial charge in [-0.1, -0.05) is 13.0 Å². The molecule has 0 saturated carbocycles. The van der Waals surface area contributed by atoms with Crippen molar-refractivity contribution in [2.75, 3.05) is 7.11 Å². The number of hydrogen-bond acceptors (Lipinski definition) is 4. The summed E-state index contributed by atoms with van der Waals surface area (Å²) in [7, 11) is 1.57. The van der Waals surface area contributed by atoms with E-state index in [-0.39, 0.29) is 11.8 Å². The Labute approximate surface area is 95.2 Å². The average Bonchev–Trinajstić information content (AvgIpc) is 2.29. The van der Waals surface area contributed by atoms with Crippen LogP contribution in [0.2, 0.25) is 0 Å². The van der Waals surface area contributed by atoms with Crippen LogP contribution >= 0.6 is 0 Å². The Hall–Kier alpha value is -1.84. The molecular weight excluding hydrogens is 204 g/mol. The SMILES string of the molecule is CCCC(=N)OC(=N)c1cccc(OC)c1. The summed E-state index contributed by atoms with van der Waals surface area (Å²) in [6.45, 7) is 1.97. The number of nitrogens with one attached hydrogen (secondary N) is 2. The highest BCUT2D eigenvalue weighted by Gasteiger charge is 2.06. The maximum atomic E-state index is 7.69. The van der Waals surface area contributed by atoms with Crippen LogP contribution in [0.5, 0.6) is 5.75 Å². The molecule has 0 aliphatic rings. The van der Waals surface area contributed by atoms with Crippen molar-refractivity contribution in [2.24, 2.45) is 0 Å². The van der Waals surface area contributed by atoms with E-state index in [4.69, 9.17) is 20.3 Å². The molecule has 2 N–H and O–H groups in total. The van der Waals surface area contributed by atoms with Crippen molar-refractivity contribution in [3.8, 4) is 5.75 Å². The van der Waals surface area contributed by atoms with Gasteiger partial charge in [0.15, 0.2) is 5.90 Å². The summed E-state index contributed by atoms with van der Waals surface area (Å²) in [5.74, 6) is 0.778. The Balaban J connectivity index is 2.69. The predicted octanol–water partition coefficient (Wildman–Crippen LogP) is 2.81. The molecule has 0 aliphatic carbocycles. The van der Waals surface area contributed by atoms with Gasteiger partial charge in [-0.3, -0.25) is 10.8 Å². The molecule has 1 rings (SSSR count). The first-order valence-electron chi connectivity index (χ1n) is 5.15. The van der Waals surface area contributed by atoms with Gasteiger partial charge in [0.2, 0.25) is 5.90 Å². The molecule has 0 bridgehead atoms. The summed E-state index contributed by atoms with van der Waals surface area (Å²) in [6, 6.07) is 7.05. The largest absolute Gasteiger partial charge is 0.497 e. The van der Waals surface area contributed by atoms with Crippen molar-refractivity contribution in [1.82, 2.24) is 0 Å². The fourth-order valence-electron chi connectivity index (χ4n) is 1.22. The first kappa shape index (κ1) is 12.2. The summed E-state index contributed by atoms with van der Waals surface area (Å²) in [5.41, 5.74) is 0.611. The predicted molar refractivity (Wildman–Crippen MR) is 63.5 cm³/mol. The van der Waals surface area contributed by atoms with Crippen molar-refractivity contribution in [1.29, 1.82) is 10.8 Å². The third kappa shape index (κ3) is 3.38. The number of rotatable bonds is 4. The lowest BCUT2D eigenvalue weighted by atomic mass is 10.2. The fraction of sp³-hybridized carbons (Fsp3) is 0.333. The maximum absolute atomic E-state index is 7.69. The first-order chi connectivity index (χ1) is 7.67. The number of ether oxygens (including phenoxy) is 2. The Morgan fingerprint density at radius 1 is 1.31 bits per heavy atom. The molecule has 0 fully saturated rings. The zero-order valence-corrected chi connectivity index (χ0v) is 9.54. The third-order valence-electron chi connectivity index (χ3n) is 2.03. The zero-order chi connectivity index (χ0) is 12.0. The molecule has 4 heteroatoms. The Kier molecular flexibility index (Phi) is 4.51. The summed E-state index contributed by atoms with van der Waals surface area (Å²) < 4.78 is 10.1. The van der Waals surface area contributed by atoms with Gasteiger partial charge in [0.1, 0.15) is 5.75 Å². The van der Waals surface area contributed by atoms with Crippen molar-refractivity contribution in [3.63, 3.8) is 0 Å². The molecule has 16 heavy (non-hydrogen) atoms. The molecule has 0 atom stereocenters. The van der Waals surface area contributed by atoms with Gasteiger partial charge in [0.05, 0.1) is 7.11 Å². The van der Waals surface area contributed by atoms with Gasteiger partial charge in [0.25, 0.3) is 0 Å². The molecule has 1 aromatic carbocycles. The first-order valence-corrected chi connectivity index (χ1v) is 5.15. The minimum Gasteiger partial charge on any atom is -0.497 e. The van der Waals surface area contributed by atoms with Crippen molar-refractivity contribution < 1.29 is 9.47 Å². The summed E-state index contributed by atoms with van der Waals surface area (Å²) >= 11 is 0. The van der Waals surface area contributed by atoms with E-state index in [1.807, 2.05) is 6.92 Å². The number of methoxy groups -OCH3 is 1. The van der Waals surface area contributed by atoms with Crippen molar-refractivity contribution in [3.05, 3.63) is 29.8 Å². The molecular formula is C12H16N2O2. The lowest BCUT2D eigenvalue weighted by Gasteiger charge is -2.08. The van der Waals surface area contributed by atoms with Crippen LogP contribution in [-0.2, 0) is 4.74 Å². The molecule has 4 nitrogen and oxygen atoms in total. The molecule has 0 radical (unpaired) electrons. The molecule has 1 aromatic rings. The van der Waals surface area contributed by atoms with E-state index >= 15 is 0 Å². The molecule has 0 saturated heterocycles. The van der Waals surface area contributed by atoms with Crippen LogP contribution in [-0.4, -0.2) is 18.9 Å². The molecule has 0 spiro atoms. The standard InChI is InChI=1S/C12H16N2O2/c1-3-5-11(13)16-12(14)9-6-4-7-10(8-9)15-2/h4,6-8,13-14H,3,5H2,1-2H3. The van der Waals surface area contributed by atoms with Gasteiger partial charge in [-0.05, 0) is 24.6 Å². The van der Waals surface area contributed by atoms with E-state index in [2.05, 4.69) is 0 Å². The Bertz CT molecular complexity index is 388. The second kappa shape index (κ2) is 5.90. The van der Waals surface area contributed by atoms with Gasteiger partial charge in [-0.2, -0.15) is 0 Å². The van der Waals surface area contributed by atoms with Gasteiger partial charge < -0.3 is 9.47 Å². The highest BCUT2D eigenvalue weighted by molar-refractivity contribution is 5.99. The minimum absolute atomic E-state index is 0.0163. The van der Waals surface area contributed by atoms with E-state index in [1.165, 1.54) is 0 Å². The van der Waals surface area contributed by atoms with E-state index < -0.39 is 0 Å². The van der Waals surface area contributed by atoms with Crippen molar-refractivity contribution >= 4 is 11.8 Å². The Morgan fingerprint density at radius 2 is 2.06 bits per heavy atom. The van der Waals surface area contributed by atoms with E-state index in [9.17, 15) is 0 Å². The van der Waals surface area contributed by atoms with Gasteiger partial charge >= 0.3 is 0 Å². The highest BCUT2D eigenvalue weighted by atomic mass is 16.5. The summed E-state index contributed by atoms with van der Waals surface area (Å²) in [6.07, 6.45) is 1.39. The van der Waals surface area contributed by atoms with Crippen LogP contribution in [0.1, 0.15) is 25.3 Å². The molecule has 0 unspecified atom stereocenters. The number of hydrogen-bond donors (Lipinski definition) is 2. The van der Waals surface area contributed by atoms with Gasteiger partial charge in [0, 0.05) is 12.0 Å². The number of benzene rings is 1. The second-order valence-corrected chi connectivity index (χ2v) is 3.34. The quantitative estimate of drug-likeness (QED) is 0.605. The highest BCUT2D eigenvalue weighted by Crippen LogP contribution is 2.13. The molecule has 0 aromatic heterocycles. The maximum Gasteiger partial charge on any atom is 0.220 e. The third-order valence-corrected chi connectivity index (χ3v) is 2.03. The summed E-state index contributed by atoms with van der Waals surface area (Å²) in [5, 5.41) is 15.2. The fourth-order valence-corrected chi connectivity index (χ4v) is 1.22. The van der Waals surface area contributed by atoms with Crippen LogP contribution in [0.25, 0.3) is 0 Å². The van der Waals surface area contributed by atoms with Gasteiger partial charge in [-0.25, -0.2) is 0 Å². The van der Waals surface area contributed by atoms with Gasteiger partial charge in [-0.15, -0.1) is 0 Å². The normalized spacial score (nSPS) is 9.62. The average molecular weight is 220 g/mol. The van der Waals surface area contributed by atoms with Crippen LogP contribution in [0, 0.1) is 10.8 Å². The summed E-state index contributed by atoms with van der Waals surface area (Å²) in [4.78, 5) is 0. The zero-order valence-electron chi connectivity index (χ0n) is 9.54. The van der Waals surface area contributed by atoms with Crippen LogP contribution < -0.4 is 4.74 Å². The molecule has 0 heterocycles. The van der Waals surface area contributed by atoms with Crippen LogP contribution in [0.3, 0.4) is 0 Å². The van der Waals surface area contributed by atoms with Crippen molar-refractivity contribution in [2.45, 2.75) is 19.8 Å². The smallest absolute Gasteiger partial charge is 0.220 e. The molecule has 86 valence electrons. The molecule has 0 amide bonds. The Morgan fingerprint density at radius 3 is 2.69 bits per heavy atom. The molecule has 0 aliphatic heterocycles. The lowest BCUT2D eigenvalue weighted by molar-refractivity contribution is 0.414. The van der Waals surface area contributed by atoms with Crippen LogP contribution in [0.4, 0.5) is 0 Å². The lowest BCUT2D eigenvalue weighted by Crippen LogP contribution is -2.11. The minimum atomic E-state index is -0.0163. The topological polar surface area (TPSA) is 66.2 Å². The van der Waals surface area contributed by atoms with E-state index in [0.29, 0.717) is 17.7 Å². The monoisotopic (exact) mass is 220 g/mol. The van der Waals surface area contributed by atoms with E-state index in [0.717, 1.165) is 6.42 Å². The van der Waals surface area contributed by atoms with E-state index in [1.54, 1.807) is 31.4 Å². The van der Waals surface area contributed by atoms with Crippen LogP contribution in [0.15, 0.2) is 24.3 Å². The second-order valence-electron chi connectivity index (χ2n) is 3.34.